The molecule has 0 radical (unpaired) electrons. The summed E-state index contributed by atoms with van der Waals surface area (Å²) in [6.07, 6.45) is 2.30. The quantitative estimate of drug-likeness (QED) is 0.717. The zero-order valence-electron chi connectivity index (χ0n) is 10.5. The maximum Gasteiger partial charge on any atom is 0.0598 e. The van der Waals surface area contributed by atoms with Gasteiger partial charge in [-0.15, -0.1) is 0 Å². The minimum atomic E-state index is -0.0169. The molecule has 1 unspecified atom stereocenters. The molecule has 0 aliphatic carbocycles. The first kappa shape index (κ1) is 13.9. The van der Waals surface area contributed by atoms with Gasteiger partial charge in [0.05, 0.1) is 5.60 Å². The summed E-state index contributed by atoms with van der Waals surface area (Å²) in [5.74, 6) is 1.36. The van der Waals surface area contributed by atoms with Crippen molar-refractivity contribution in [3.8, 4) is 0 Å². The van der Waals surface area contributed by atoms with Gasteiger partial charge in [0, 0.05) is 6.61 Å². The predicted octanol–water partition coefficient (Wildman–Crippen LogP) is 2.81. The molecule has 0 aromatic carbocycles. The third kappa shape index (κ3) is 8.52. The van der Waals surface area contributed by atoms with Crippen LogP contribution in [0.25, 0.3) is 0 Å². The highest BCUT2D eigenvalue weighted by Gasteiger charge is 2.13. The van der Waals surface area contributed by atoms with Crippen LogP contribution in [0.5, 0.6) is 0 Å². The van der Waals surface area contributed by atoms with Crippen molar-refractivity contribution >= 4 is 0 Å². The van der Waals surface area contributed by atoms with Crippen molar-refractivity contribution in [2.45, 2.75) is 53.1 Å². The summed E-state index contributed by atoms with van der Waals surface area (Å²) in [5, 5.41) is 0. The highest BCUT2D eigenvalue weighted by molar-refractivity contribution is 4.64. The van der Waals surface area contributed by atoms with Crippen molar-refractivity contribution in [1.82, 2.24) is 0 Å². The lowest BCUT2D eigenvalue weighted by Gasteiger charge is -2.22. The van der Waals surface area contributed by atoms with Crippen LogP contribution in [-0.2, 0) is 4.74 Å². The molecule has 0 aromatic rings. The molecule has 0 aromatic heterocycles. The fraction of sp³-hybridized carbons (Fsp3) is 1.00. The Morgan fingerprint density at radius 3 is 2.14 bits per heavy atom. The molecule has 0 bridgehead atoms. The lowest BCUT2D eigenvalue weighted by Crippen LogP contribution is -2.23. The van der Waals surface area contributed by atoms with Crippen LogP contribution < -0.4 is 5.73 Å². The van der Waals surface area contributed by atoms with E-state index in [4.69, 9.17) is 10.5 Å². The molecule has 0 rings (SSSR count). The highest BCUT2D eigenvalue weighted by Crippen LogP contribution is 2.16. The fourth-order valence-corrected chi connectivity index (χ4v) is 1.53. The zero-order chi connectivity index (χ0) is 11.2. The molecule has 0 fully saturated rings. The van der Waals surface area contributed by atoms with E-state index >= 15 is 0 Å². The summed E-state index contributed by atoms with van der Waals surface area (Å²) in [4.78, 5) is 0. The van der Waals surface area contributed by atoms with Crippen molar-refractivity contribution in [3.05, 3.63) is 0 Å². The zero-order valence-corrected chi connectivity index (χ0v) is 10.5. The average molecular weight is 201 g/mol. The molecular formula is C12H27NO. The van der Waals surface area contributed by atoms with Crippen molar-refractivity contribution in [2.24, 2.45) is 17.6 Å². The van der Waals surface area contributed by atoms with E-state index in [0.717, 1.165) is 25.5 Å². The predicted molar refractivity (Wildman–Crippen MR) is 62.3 cm³/mol. The molecule has 0 amide bonds. The van der Waals surface area contributed by atoms with E-state index in [2.05, 4.69) is 34.6 Å². The van der Waals surface area contributed by atoms with E-state index < -0.39 is 0 Å². The minimum absolute atomic E-state index is 0.0169. The van der Waals surface area contributed by atoms with Crippen molar-refractivity contribution in [3.63, 3.8) is 0 Å². The Kier molecular flexibility index (Phi) is 6.38. The molecule has 2 N–H and O–H groups in total. The Morgan fingerprint density at radius 1 is 1.21 bits per heavy atom. The topological polar surface area (TPSA) is 35.2 Å². The summed E-state index contributed by atoms with van der Waals surface area (Å²) in [5.41, 5.74) is 5.70. The fourth-order valence-electron chi connectivity index (χ4n) is 1.53. The average Bonchev–Trinajstić information content (AvgIpc) is 1.99. The van der Waals surface area contributed by atoms with Crippen molar-refractivity contribution < 1.29 is 4.74 Å². The highest BCUT2D eigenvalue weighted by atomic mass is 16.5. The summed E-state index contributed by atoms with van der Waals surface area (Å²) < 4.78 is 5.69. The molecule has 86 valence electrons. The molecule has 1 atom stereocenters. The second kappa shape index (κ2) is 6.41. The van der Waals surface area contributed by atoms with Gasteiger partial charge in [-0.3, -0.25) is 0 Å². The number of hydrogen-bond donors (Lipinski definition) is 1. The Labute approximate surface area is 89.2 Å². The van der Waals surface area contributed by atoms with Gasteiger partial charge in [0.25, 0.3) is 0 Å². The molecule has 0 aliphatic rings. The Hall–Kier alpha value is -0.0800. The second-order valence-corrected chi connectivity index (χ2v) is 5.48. The third-order valence-corrected chi connectivity index (χ3v) is 2.20. The molecule has 2 heteroatoms. The van der Waals surface area contributed by atoms with Crippen LogP contribution in [0.4, 0.5) is 0 Å². The van der Waals surface area contributed by atoms with E-state index in [0.29, 0.717) is 5.92 Å². The standard InChI is InChI=1S/C12H27NO/c1-10(2)8-11(9-13)6-7-14-12(3,4)5/h10-11H,6-9,13H2,1-5H3. The molecule has 0 spiro atoms. The molecule has 0 aliphatic heterocycles. The Balaban J connectivity index is 3.63. The van der Waals surface area contributed by atoms with Crippen molar-refractivity contribution in [2.75, 3.05) is 13.2 Å². The number of rotatable bonds is 6. The molecular weight excluding hydrogens is 174 g/mol. The van der Waals surface area contributed by atoms with Crippen molar-refractivity contribution in [1.29, 1.82) is 0 Å². The van der Waals surface area contributed by atoms with Gasteiger partial charge in [0.1, 0.15) is 0 Å². The SMILES string of the molecule is CC(C)CC(CN)CCOC(C)(C)C. The minimum Gasteiger partial charge on any atom is -0.376 e. The molecule has 2 nitrogen and oxygen atoms in total. The summed E-state index contributed by atoms with van der Waals surface area (Å²) in [6.45, 7) is 12.4. The first-order chi connectivity index (χ1) is 6.35. The summed E-state index contributed by atoms with van der Waals surface area (Å²) in [6, 6.07) is 0. The summed E-state index contributed by atoms with van der Waals surface area (Å²) >= 11 is 0. The number of hydrogen-bond acceptors (Lipinski definition) is 2. The van der Waals surface area contributed by atoms with Crippen LogP contribution in [-0.4, -0.2) is 18.8 Å². The van der Waals surface area contributed by atoms with E-state index in [1.54, 1.807) is 0 Å². The van der Waals surface area contributed by atoms with Gasteiger partial charge in [0.2, 0.25) is 0 Å². The van der Waals surface area contributed by atoms with E-state index in [-0.39, 0.29) is 5.60 Å². The van der Waals surface area contributed by atoms with Crippen LogP contribution in [0, 0.1) is 11.8 Å². The maximum atomic E-state index is 5.72. The third-order valence-electron chi connectivity index (χ3n) is 2.20. The van der Waals surface area contributed by atoms with Crippen LogP contribution >= 0.6 is 0 Å². The molecule has 0 heterocycles. The van der Waals surface area contributed by atoms with Gasteiger partial charge in [-0.2, -0.15) is 0 Å². The van der Waals surface area contributed by atoms with Crippen LogP contribution in [0.2, 0.25) is 0 Å². The number of nitrogens with two attached hydrogens (primary N) is 1. The maximum absolute atomic E-state index is 5.72. The van der Waals surface area contributed by atoms with Crippen LogP contribution in [0.15, 0.2) is 0 Å². The van der Waals surface area contributed by atoms with Gasteiger partial charge in [-0.1, -0.05) is 13.8 Å². The first-order valence-corrected chi connectivity index (χ1v) is 5.69. The second-order valence-electron chi connectivity index (χ2n) is 5.48. The monoisotopic (exact) mass is 201 g/mol. The van der Waals surface area contributed by atoms with E-state index in [1.807, 2.05) is 0 Å². The lowest BCUT2D eigenvalue weighted by molar-refractivity contribution is -0.00970. The van der Waals surface area contributed by atoms with E-state index in [1.165, 1.54) is 6.42 Å². The number of ether oxygens (including phenoxy) is 1. The first-order valence-electron chi connectivity index (χ1n) is 5.69. The van der Waals surface area contributed by atoms with Gasteiger partial charge in [0.15, 0.2) is 0 Å². The van der Waals surface area contributed by atoms with Gasteiger partial charge in [-0.25, -0.2) is 0 Å². The van der Waals surface area contributed by atoms with Gasteiger partial charge >= 0.3 is 0 Å². The van der Waals surface area contributed by atoms with Crippen LogP contribution in [0.1, 0.15) is 47.5 Å². The normalized spacial score (nSPS) is 14.8. The van der Waals surface area contributed by atoms with Gasteiger partial charge in [-0.05, 0) is 52.0 Å². The smallest absolute Gasteiger partial charge is 0.0598 e. The largest absolute Gasteiger partial charge is 0.376 e. The molecule has 0 saturated carbocycles. The van der Waals surface area contributed by atoms with Gasteiger partial charge < -0.3 is 10.5 Å². The Bertz CT molecular complexity index is 138. The lowest BCUT2D eigenvalue weighted by atomic mass is 9.94. The molecule has 14 heavy (non-hydrogen) atoms. The van der Waals surface area contributed by atoms with E-state index in [9.17, 15) is 0 Å². The van der Waals surface area contributed by atoms with Crippen LogP contribution in [0.3, 0.4) is 0 Å². The summed E-state index contributed by atoms with van der Waals surface area (Å²) in [7, 11) is 0. The Morgan fingerprint density at radius 2 is 1.79 bits per heavy atom. The molecule has 0 saturated heterocycles.